The van der Waals surface area contributed by atoms with E-state index in [0.29, 0.717) is 19.5 Å². The molecule has 2 saturated heterocycles. The van der Waals surface area contributed by atoms with E-state index in [-0.39, 0.29) is 37.0 Å². The molecule has 3 atom stereocenters. The van der Waals surface area contributed by atoms with Crippen molar-refractivity contribution in [3.05, 3.63) is 101 Å². The zero-order chi connectivity index (χ0) is 28.5. The van der Waals surface area contributed by atoms with Crippen LogP contribution < -0.4 is 10.1 Å². The Labute approximate surface area is 240 Å². The third-order valence-corrected chi connectivity index (χ3v) is 8.17. The van der Waals surface area contributed by atoms with Gasteiger partial charge in [-0.2, -0.15) is 5.01 Å². The van der Waals surface area contributed by atoms with Crippen LogP contribution in [0.2, 0.25) is 0 Å². The Morgan fingerprint density at radius 2 is 1.68 bits per heavy atom. The molecular formula is C32H35N5O4. The number of piperazine rings is 1. The van der Waals surface area contributed by atoms with E-state index in [2.05, 4.69) is 11.4 Å². The number of rotatable bonds is 7. The third kappa shape index (κ3) is 5.37. The first-order chi connectivity index (χ1) is 19.9. The Bertz CT molecular complexity index is 1430. The van der Waals surface area contributed by atoms with Crippen molar-refractivity contribution in [1.29, 1.82) is 0 Å². The number of benzene rings is 3. The molecule has 3 aliphatic rings. The minimum absolute atomic E-state index is 0.0215. The molecule has 3 aromatic rings. The molecule has 0 aliphatic carbocycles. The van der Waals surface area contributed by atoms with Crippen molar-refractivity contribution in [2.45, 2.75) is 51.2 Å². The first kappa shape index (κ1) is 26.8. The largest absolute Gasteiger partial charge is 0.490 e. The van der Waals surface area contributed by atoms with Crippen LogP contribution in [-0.2, 0) is 35.5 Å². The maximum absolute atomic E-state index is 14.0. The van der Waals surface area contributed by atoms with Crippen LogP contribution in [0, 0.1) is 0 Å². The average molecular weight is 554 g/mol. The van der Waals surface area contributed by atoms with Gasteiger partial charge in [0, 0.05) is 38.5 Å². The van der Waals surface area contributed by atoms with Crippen molar-refractivity contribution >= 4 is 17.8 Å². The molecule has 1 N–H and O–H groups in total. The first-order valence-corrected chi connectivity index (χ1v) is 14.1. The fourth-order valence-electron chi connectivity index (χ4n) is 6.12. The summed E-state index contributed by atoms with van der Waals surface area (Å²) in [4.78, 5) is 44.2. The number of hydrogen-bond donors (Lipinski definition) is 1. The van der Waals surface area contributed by atoms with Gasteiger partial charge in [0.15, 0.2) is 0 Å². The standard InChI is InChI=1S/C32H35N5O4/c1-22-16-25-14-9-15-26(30(25)41-22)19-35-20-28-36(34(2)32(40)33-18-24-12-7-4-8-13-24)21-29(38)37(28)27(31(35)39)17-23-10-5-3-6-11-23/h3-15,22,27-28H,16-21H2,1-2H3,(H,33,40)/t22?,27-,28+/m0/s1. The Kier molecular flexibility index (Phi) is 7.36. The van der Waals surface area contributed by atoms with Crippen molar-refractivity contribution in [3.63, 3.8) is 0 Å². The molecule has 0 spiro atoms. The van der Waals surface area contributed by atoms with Gasteiger partial charge in [0.25, 0.3) is 0 Å². The van der Waals surface area contributed by atoms with Gasteiger partial charge >= 0.3 is 6.03 Å². The molecule has 0 saturated carbocycles. The molecular weight excluding hydrogens is 518 g/mol. The van der Waals surface area contributed by atoms with E-state index in [1.165, 1.54) is 5.01 Å². The average Bonchev–Trinajstić information content (AvgIpc) is 3.53. The van der Waals surface area contributed by atoms with Gasteiger partial charge in [-0.15, -0.1) is 0 Å². The van der Waals surface area contributed by atoms with Gasteiger partial charge in [-0.25, -0.2) is 4.79 Å². The highest BCUT2D eigenvalue weighted by Crippen LogP contribution is 2.35. The fraction of sp³-hybridized carbons (Fsp3) is 0.344. The number of carbonyl (C=O) groups is 3. The van der Waals surface area contributed by atoms with Crippen LogP contribution in [-0.4, -0.2) is 76.1 Å². The fourth-order valence-corrected chi connectivity index (χ4v) is 6.12. The number of para-hydroxylation sites is 1. The van der Waals surface area contributed by atoms with E-state index in [1.807, 2.05) is 84.6 Å². The number of amides is 4. The van der Waals surface area contributed by atoms with Gasteiger partial charge in [-0.05, 0) is 23.6 Å². The highest BCUT2D eigenvalue weighted by Gasteiger charge is 2.51. The van der Waals surface area contributed by atoms with E-state index in [0.717, 1.165) is 34.4 Å². The summed E-state index contributed by atoms with van der Waals surface area (Å²) < 4.78 is 6.12. The predicted molar refractivity (Wildman–Crippen MR) is 153 cm³/mol. The summed E-state index contributed by atoms with van der Waals surface area (Å²) in [7, 11) is 1.67. The number of nitrogens with one attached hydrogen (secondary N) is 1. The lowest BCUT2D eigenvalue weighted by Crippen LogP contribution is -2.65. The Hall–Kier alpha value is -4.37. The lowest BCUT2D eigenvalue weighted by Gasteiger charge is -2.45. The van der Waals surface area contributed by atoms with E-state index < -0.39 is 12.2 Å². The van der Waals surface area contributed by atoms with Crippen molar-refractivity contribution in [3.8, 4) is 5.75 Å². The molecule has 6 rings (SSSR count). The molecule has 41 heavy (non-hydrogen) atoms. The van der Waals surface area contributed by atoms with Crippen LogP contribution in [0.15, 0.2) is 78.9 Å². The monoisotopic (exact) mass is 553 g/mol. The number of urea groups is 1. The molecule has 1 unspecified atom stereocenters. The summed E-state index contributed by atoms with van der Waals surface area (Å²) >= 11 is 0. The second-order valence-electron chi connectivity index (χ2n) is 11.0. The molecule has 4 amide bonds. The summed E-state index contributed by atoms with van der Waals surface area (Å²) in [6.45, 7) is 3.10. The summed E-state index contributed by atoms with van der Waals surface area (Å²) in [6.07, 6.45) is 0.861. The maximum Gasteiger partial charge on any atom is 0.332 e. The third-order valence-electron chi connectivity index (χ3n) is 8.17. The van der Waals surface area contributed by atoms with Crippen LogP contribution in [0.25, 0.3) is 0 Å². The number of fused-ring (bicyclic) bond motifs is 2. The van der Waals surface area contributed by atoms with Crippen LogP contribution in [0.5, 0.6) is 5.75 Å². The van der Waals surface area contributed by atoms with Gasteiger partial charge in [0.05, 0.1) is 13.1 Å². The minimum atomic E-state index is -0.675. The quantitative estimate of drug-likeness (QED) is 0.486. The molecule has 2 fully saturated rings. The zero-order valence-electron chi connectivity index (χ0n) is 23.4. The van der Waals surface area contributed by atoms with Crippen molar-refractivity contribution in [2.75, 3.05) is 20.1 Å². The topological polar surface area (TPSA) is 85.4 Å². The normalized spacial score (nSPS) is 21.9. The van der Waals surface area contributed by atoms with Crippen LogP contribution >= 0.6 is 0 Å². The van der Waals surface area contributed by atoms with Gasteiger partial charge in [0.1, 0.15) is 24.1 Å². The lowest BCUT2D eigenvalue weighted by atomic mass is 9.99. The predicted octanol–water partition coefficient (Wildman–Crippen LogP) is 3.19. The summed E-state index contributed by atoms with van der Waals surface area (Å²) in [5.41, 5.74) is 4.06. The molecule has 0 aromatic heterocycles. The Balaban J connectivity index is 1.26. The zero-order valence-corrected chi connectivity index (χ0v) is 23.4. The Morgan fingerprint density at radius 1 is 0.976 bits per heavy atom. The van der Waals surface area contributed by atoms with Crippen LogP contribution in [0.3, 0.4) is 0 Å². The molecule has 0 bridgehead atoms. The Morgan fingerprint density at radius 3 is 2.41 bits per heavy atom. The van der Waals surface area contributed by atoms with Crippen molar-refractivity contribution < 1.29 is 19.1 Å². The minimum Gasteiger partial charge on any atom is -0.490 e. The lowest BCUT2D eigenvalue weighted by molar-refractivity contribution is -0.157. The summed E-state index contributed by atoms with van der Waals surface area (Å²) in [5.74, 6) is 0.594. The van der Waals surface area contributed by atoms with Gasteiger partial charge in [-0.1, -0.05) is 78.9 Å². The molecule has 0 radical (unpaired) electrons. The second-order valence-corrected chi connectivity index (χ2v) is 11.0. The molecule has 3 aliphatic heterocycles. The highest BCUT2D eigenvalue weighted by molar-refractivity contribution is 5.91. The number of carbonyl (C=O) groups excluding carboxylic acids is 3. The number of hydrogen-bond acceptors (Lipinski definition) is 5. The molecule has 3 heterocycles. The van der Waals surface area contributed by atoms with E-state index in [4.69, 9.17) is 4.74 Å². The van der Waals surface area contributed by atoms with Crippen LogP contribution in [0.1, 0.15) is 29.2 Å². The summed E-state index contributed by atoms with van der Waals surface area (Å²) in [5, 5.41) is 6.20. The number of hydrazine groups is 1. The van der Waals surface area contributed by atoms with Crippen molar-refractivity contribution in [2.24, 2.45) is 0 Å². The first-order valence-electron chi connectivity index (χ1n) is 14.1. The second kappa shape index (κ2) is 11.2. The van der Waals surface area contributed by atoms with Gasteiger partial charge in [0.2, 0.25) is 11.8 Å². The molecule has 3 aromatic carbocycles. The molecule has 9 heteroatoms. The van der Waals surface area contributed by atoms with Crippen LogP contribution in [0.4, 0.5) is 4.79 Å². The van der Waals surface area contributed by atoms with Gasteiger partial charge in [-0.3, -0.25) is 14.6 Å². The molecule has 9 nitrogen and oxygen atoms in total. The van der Waals surface area contributed by atoms with E-state index in [1.54, 1.807) is 17.0 Å². The van der Waals surface area contributed by atoms with Gasteiger partial charge < -0.3 is 19.9 Å². The molecule has 212 valence electrons. The SMILES string of the molecule is CC1Cc2cccc(CN3C[C@H]4N(C(=O)CN4N(C)C(=O)NCc4ccccc4)[C@@H](Cc4ccccc4)C3=O)c2O1. The van der Waals surface area contributed by atoms with E-state index in [9.17, 15) is 14.4 Å². The van der Waals surface area contributed by atoms with E-state index >= 15 is 0 Å². The highest BCUT2D eigenvalue weighted by atomic mass is 16.5. The maximum atomic E-state index is 14.0. The summed E-state index contributed by atoms with van der Waals surface area (Å²) in [6, 6.07) is 24.5. The number of nitrogens with zero attached hydrogens (tertiary/aromatic N) is 4. The number of ether oxygens (including phenoxy) is 1. The van der Waals surface area contributed by atoms with Crippen molar-refractivity contribution in [1.82, 2.24) is 25.1 Å². The smallest absolute Gasteiger partial charge is 0.332 e.